The number of aliphatic imine (C=N–C) groups is 1. The summed E-state index contributed by atoms with van der Waals surface area (Å²) in [5.41, 5.74) is 0. The molecule has 0 radical (unpaired) electrons. The van der Waals surface area contributed by atoms with Crippen LogP contribution in [-0.2, 0) is 9.59 Å². The highest BCUT2D eigenvalue weighted by molar-refractivity contribution is 5.66. The van der Waals surface area contributed by atoms with Crippen molar-refractivity contribution < 1.29 is 27.9 Å². The van der Waals surface area contributed by atoms with Crippen LogP contribution < -0.4 is 0 Å². The molecule has 1 unspecified atom stereocenters. The summed E-state index contributed by atoms with van der Waals surface area (Å²) < 4.78 is 36.3. The van der Waals surface area contributed by atoms with E-state index >= 15 is 0 Å². The Labute approximate surface area is 77.4 Å². The standard InChI is InChI=1S/C7H8F3NO3/c8-7(9,10)5(3-11-4-12)1-2-6(13)14/h5H,1-3H2,(H,13,14). The first-order chi connectivity index (χ1) is 6.38. The van der Waals surface area contributed by atoms with Crippen LogP contribution in [0.3, 0.4) is 0 Å². The first kappa shape index (κ1) is 12.6. The largest absolute Gasteiger partial charge is 0.481 e. The highest BCUT2D eigenvalue weighted by atomic mass is 19.4. The van der Waals surface area contributed by atoms with Crippen LogP contribution in [-0.4, -0.2) is 29.9 Å². The van der Waals surface area contributed by atoms with Crippen molar-refractivity contribution in [1.82, 2.24) is 0 Å². The predicted molar refractivity (Wildman–Crippen MR) is 39.4 cm³/mol. The lowest BCUT2D eigenvalue weighted by Gasteiger charge is -2.16. The summed E-state index contributed by atoms with van der Waals surface area (Å²) in [5.74, 6) is -3.20. The van der Waals surface area contributed by atoms with E-state index in [0.717, 1.165) is 6.08 Å². The average Bonchev–Trinajstić information content (AvgIpc) is 2.01. The topological polar surface area (TPSA) is 66.7 Å². The van der Waals surface area contributed by atoms with Crippen molar-refractivity contribution in [1.29, 1.82) is 0 Å². The Bertz CT molecular complexity index is 245. The van der Waals surface area contributed by atoms with Gasteiger partial charge in [-0.15, -0.1) is 0 Å². The Morgan fingerprint density at radius 3 is 2.43 bits per heavy atom. The van der Waals surface area contributed by atoms with Gasteiger partial charge in [-0.25, -0.2) is 9.79 Å². The monoisotopic (exact) mass is 211 g/mol. The van der Waals surface area contributed by atoms with Crippen LogP contribution in [0.4, 0.5) is 13.2 Å². The SMILES string of the molecule is O=C=NCC(CCC(=O)O)C(F)(F)F. The zero-order chi connectivity index (χ0) is 11.2. The van der Waals surface area contributed by atoms with Crippen molar-refractivity contribution in [3.8, 4) is 0 Å². The number of hydrogen-bond donors (Lipinski definition) is 1. The van der Waals surface area contributed by atoms with Crippen LogP contribution in [0.1, 0.15) is 12.8 Å². The van der Waals surface area contributed by atoms with Crippen molar-refractivity contribution in [2.45, 2.75) is 19.0 Å². The van der Waals surface area contributed by atoms with E-state index in [4.69, 9.17) is 5.11 Å². The molecule has 0 aliphatic rings. The molecule has 0 saturated carbocycles. The van der Waals surface area contributed by atoms with Gasteiger partial charge in [0.25, 0.3) is 0 Å². The molecule has 14 heavy (non-hydrogen) atoms. The number of carbonyl (C=O) groups excluding carboxylic acids is 1. The van der Waals surface area contributed by atoms with Gasteiger partial charge in [-0.2, -0.15) is 13.2 Å². The number of isocyanates is 1. The van der Waals surface area contributed by atoms with E-state index in [1.54, 1.807) is 0 Å². The molecule has 0 heterocycles. The van der Waals surface area contributed by atoms with E-state index in [-0.39, 0.29) is 0 Å². The first-order valence-electron chi connectivity index (χ1n) is 3.70. The first-order valence-corrected chi connectivity index (χ1v) is 3.70. The van der Waals surface area contributed by atoms with Crippen molar-refractivity contribution in [3.05, 3.63) is 0 Å². The average molecular weight is 211 g/mol. The van der Waals surface area contributed by atoms with Crippen LogP contribution in [0, 0.1) is 5.92 Å². The summed E-state index contributed by atoms with van der Waals surface area (Å²) in [6.45, 7) is -0.764. The van der Waals surface area contributed by atoms with Crippen molar-refractivity contribution in [2.24, 2.45) is 10.9 Å². The minimum atomic E-state index is -4.53. The Morgan fingerprint density at radius 2 is 2.07 bits per heavy atom. The van der Waals surface area contributed by atoms with Crippen molar-refractivity contribution >= 4 is 12.0 Å². The molecule has 4 nitrogen and oxygen atoms in total. The molecule has 0 aromatic heterocycles. The second kappa shape index (κ2) is 5.39. The molecular weight excluding hydrogens is 203 g/mol. The minimum absolute atomic E-state index is 0.579. The third kappa shape index (κ3) is 5.31. The van der Waals surface area contributed by atoms with Crippen LogP contribution in [0.2, 0.25) is 0 Å². The Balaban J connectivity index is 4.25. The second-order valence-electron chi connectivity index (χ2n) is 2.60. The molecule has 0 aromatic carbocycles. The molecule has 0 aliphatic heterocycles. The van der Waals surface area contributed by atoms with E-state index in [2.05, 4.69) is 4.99 Å². The Kier molecular flexibility index (Phi) is 4.86. The van der Waals surface area contributed by atoms with Crippen molar-refractivity contribution in [3.63, 3.8) is 0 Å². The molecule has 0 fully saturated rings. The smallest absolute Gasteiger partial charge is 0.393 e. The lowest BCUT2D eigenvalue weighted by molar-refractivity contribution is -0.174. The molecule has 7 heteroatoms. The Morgan fingerprint density at radius 1 is 1.50 bits per heavy atom. The molecule has 0 aromatic rings. The van der Waals surface area contributed by atoms with E-state index in [1.165, 1.54) is 0 Å². The molecule has 0 rings (SSSR count). The van der Waals surface area contributed by atoms with Crippen LogP contribution in [0.25, 0.3) is 0 Å². The van der Waals surface area contributed by atoms with Crippen molar-refractivity contribution in [2.75, 3.05) is 6.54 Å². The predicted octanol–water partition coefficient (Wildman–Crippen LogP) is 1.37. The third-order valence-corrected chi connectivity index (χ3v) is 1.55. The van der Waals surface area contributed by atoms with Gasteiger partial charge in [0.2, 0.25) is 6.08 Å². The summed E-state index contributed by atoms with van der Waals surface area (Å²) in [7, 11) is 0. The molecule has 0 amide bonds. The number of rotatable bonds is 5. The summed E-state index contributed by atoms with van der Waals surface area (Å²) >= 11 is 0. The quantitative estimate of drug-likeness (QED) is 0.551. The maximum atomic E-state index is 12.1. The number of carbonyl (C=O) groups is 1. The van der Waals surface area contributed by atoms with Gasteiger partial charge in [0, 0.05) is 6.42 Å². The second-order valence-corrected chi connectivity index (χ2v) is 2.60. The number of nitrogens with zero attached hydrogens (tertiary/aromatic N) is 1. The summed E-state index contributed by atoms with van der Waals surface area (Å²) in [6.07, 6.45) is -4.72. The lowest BCUT2D eigenvalue weighted by atomic mass is 10.0. The summed E-state index contributed by atoms with van der Waals surface area (Å²) in [5, 5.41) is 8.18. The Hall–Kier alpha value is -1.36. The number of hydrogen-bond acceptors (Lipinski definition) is 3. The van der Waals surface area contributed by atoms with Gasteiger partial charge in [-0.05, 0) is 6.42 Å². The fourth-order valence-electron chi connectivity index (χ4n) is 0.804. The number of carboxylic acids is 1. The van der Waals surface area contributed by atoms with Gasteiger partial charge in [-0.3, -0.25) is 4.79 Å². The van der Waals surface area contributed by atoms with E-state index in [0.29, 0.717) is 0 Å². The molecular formula is C7H8F3NO3. The fraction of sp³-hybridized carbons (Fsp3) is 0.714. The highest BCUT2D eigenvalue weighted by Crippen LogP contribution is 2.29. The third-order valence-electron chi connectivity index (χ3n) is 1.55. The van der Waals surface area contributed by atoms with Gasteiger partial charge < -0.3 is 5.11 Å². The van der Waals surface area contributed by atoms with Crippen LogP contribution >= 0.6 is 0 Å². The molecule has 0 spiro atoms. The lowest BCUT2D eigenvalue weighted by Crippen LogP contribution is -2.26. The maximum absolute atomic E-state index is 12.1. The maximum Gasteiger partial charge on any atom is 0.393 e. The minimum Gasteiger partial charge on any atom is -0.481 e. The van der Waals surface area contributed by atoms with Crippen LogP contribution in [0.15, 0.2) is 4.99 Å². The number of aliphatic carboxylic acids is 1. The normalized spacial score (nSPS) is 13.1. The van der Waals surface area contributed by atoms with Gasteiger partial charge in [0.15, 0.2) is 0 Å². The van der Waals surface area contributed by atoms with E-state index in [1.807, 2.05) is 0 Å². The molecule has 0 bridgehead atoms. The van der Waals surface area contributed by atoms with Gasteiger partial charge in [-0.1, -0.05) is 0 Å². The summed E-state index contributed by atoms with van der Waals surface area (Å²) in [4.78, 5) is 22.4. The molecule has 0 saturated heterocycles. The fourth-order valence-corrected chi connectivity index (χ4v) is 0.804. The zero-order valence-electron chi connectivity index (χ0n) is 7.04. The van der Waals surface area contributed by atoms with E-state index in [9.17, 15) is 22.8 Å². The number of halogens is 3. The number of alkyl halides is 3. The molecule has 80 valence electrons. The van der Waals surface area contributed by atoms with E-state index < -0.39 is 37.4 Å². The molecule has 1 atom stereocenters. The number of carboxylic acid groups (broad SMARTS) is 1. The highest BCUT2D eigenvalue weighted by Gasteiger charge is 2.39. The van der Waals surface area contributed by atoms with Gasteiger partial charge in [0.1, 0.15) is 0 Å². The zero-order valence-corrected chi connectivity index (χ0v) is 7.04. The van der Waals surface area contributed by atoms with Gasteiger partial charge >= 0.3 is 12.1 Å². The summed E-state index contributed by atoms with van der Waals surface area (Å²) in [6, 6.07) is 0. The molecule has 1 N–H and O–H groups in total. The molecule has 0 aliphatic carbocycles. The van der Waals surface area contributed by atoms with Crippen LogP contribution in [0.5, 0.6) is 0 Å². The van der Waals surface area contributed by atoms with Gasteiger partial charge in [0.05, 0.1) is 12.5 Å².